The molecule has 1 amide bonds. The first-order valence-corrected chi connectivity index (χ1v) is 12.3. The number of aliphatic hydroxyl groups excluding tert-OH is 1. The molecule has 0 aliphatic carbocycles. The fourth-order valence-corrected chi connectivity index (χ4v) is 5.00. The molecule has 0 bridgehead atoms. The van der Waals surface area contributed by atoms with Crippen molar-refractivity contribution < 1.29 is 19.4 Å². The van der Waals surface area contributed by atoms with E-state index in [1.165, 1.54) is 38.5 Å². The van der Waals surface area contributed by atoms with E-state index in [2.05, 4.69) is 17.6 Å². The van der Waals surface area contributed by atoms with Gasteiger partial charge in [0.1, 0.15) is 0 Å². The number of carbonyl (C=O) groups is 1. The van der Waals surface area contributed by atoms with Gasteiger partial charge in [0.05, 0.1) is 24.2 Å². The van der Waals surface area contributed by atoms with Crippen molar-refractivity contribution in [2.75, 3.05) is 13.6 Å². The second-order valence-corrected chi connectivity index (χ2v) is 9.54. The van der Waals surface area contributed by atoms with Crippen LogP contribution in [0.2, 0.25) is 0 Å². The summed E-state index contributed by atoms with van der Waals surface area (Å²) < 4.78 is 12.5. The number of carbonyl (C=O) groups excluding carboxylic acids is 1. The Morgan fingerprint density at radius 3 is 2.43 bits per heavy atom. The highest BCUT2D eigenvalue weighted by atomic mass is 16.7. The van der Waals surface area contributed by atoms with Crippen molar-refractivity contribution in [2.45, 2.75) is 116 Å². The lowest BCUT2D eigenvalue weighted by Crippen LogP contribution is -2.59. The van der Waals surface area contributed by atoms with Crippen LogP contribution in [0.15, 0.2) is 0 Å². The number of aliphatic hydroxyl groups is 1. The molecule has 2 saturated heterocycles. The number of hydrogen-bond donors (Lipinski definition) is 3. The van der Waals surface area contributed by atoms with Crippen LogP contribution in [0.5, 0.6) is 0 Å². The van der Waals surface area contributed by atoms with Gasteiger partial charge in [0.2, 0.25) is 5.91 Å². The van der Waals surface area contributed by atoms with Crippen LogP contribution in [-0.4, -0.2) is 55.2 Å². The van der Waals surface area contributed by atoms with Crippen molar-refractivity contribution >= 4 is 5.91 Å². The Bertz CT molecular complexity index is 504. The Hall–Kier alpha value is -0.690. The maximum Gasteiger partial charge on any atom is 0.225 e. The predicted molar refractivity (Wildman–Crippen MR) is 120 cm³/mol. The lowest BCUT2D eigenvalue weighted by Gasteiger charge is -2.44. The van der Waals surface area contributed by atoms with E-state index in [1.807, 2.05) is 27.8 Å². The van der Waals surface area contributed by atoms with Gasteiger partial charge in [-0.3, -0.25) is 4.79 Å². The van der Waals surface area contributed by atoms with Crippen LogP contribution in [0, 0.1) is 17.8 Å². The molecule has 0 aromatic heterocycles. The van der Waals surface area contributed by atoms with E-state index in [0.717, 1.165) is 31.7 Å². The molecule has 2 aliphatic rings. The lowest BCUT2D eigenvalue weighted by atomic mass is 9.89. The Kier molecular flexibility index (Phi) is 11.1. The molecule has 6 heteroatoms. The van der Waals surface area contributed by atoms with Crippen LogP contribution < -0.4 is 10.6 Å². The molecule has 3 N–H and O–H groups in total. The van der Waals surface area contributed by atoms with E-state index in [0.29, 0.717) is 0 Å². The first kappa shape index (κ1) is 25.6. The standard InChI is InChI=1S/C24H46N2O4/c1-6-19-12-9-7-8-10-14-20(16(2)23(28)26-15-11-13-19)30-24-17(3)21(25-5)22(27)18(4)29-24/h16-22,24-25,27H,6-15H2,1-5H3,(H,26,28). The van der Waals surface area contributed by atoms with Gasteiger partial charge in [-0.05, 0) is 39.2 Å². The maximum absolute atomic E-state index is 12.8. The van der Waals surface area contributed by atoms with Crippen molar-refractivity contribution in [3.63, 3.8) is 0 Å². The third-order valence-corrected chi connectivity index (χ3v) is 7.32. The molecule has 0 radical (unpaired) electrons. The molecular formula is C24H46N2O4. The zero-order chi connectivity index (χ0) is 22.1. The first-order chi connectivity index (χ1) is 14.4. The highest BCUT2D eigenvalue weighted by molar-refractivity contribution is 5.78. The quantitative estimate of drug-likeness (QED) is 0.640. The molecule has 0 aromatic carbocycles. The smallest absolute Gasteiger partial charge is 0.225 e. The number of nitrogens with one attached hydrogen (secondary N) is 2. The summed E-state index contributed by atoms with van der Waals surface area (Å²) in [5, 5.41) is 16.8. The van der Waals surface area contributed by atoms with Crippen LogP contribution in [-0.2, 0) is 14.3 Å². The molecule has 2 heterocycles. The molecule has 0 spiro atoms. The zero-order valence-electron chi connectivity index (χ0n) is 19.9. The summed E-state index contributed by atoms with van der Waals surface area (Å²) in [7, 11) is 1.86. The minimum atomic E-state index is -0.568. The molecule has 2 aliphatic heterocycles. The van der Waals surface area contributed by atoms with Gasteiger partial charge in [0.15, 0.2) is 6.29 Å². The van der Waals surface area contributed by atoms with Gasteiger partial charge in [-0.25, -0.2) is 0 Å². The molecule has 6 nitrogen and oxygen atoms in total. The summed E-state index contributed by atoms with van der Waals surface area (Å²) in [6.07, 6.45) is 8.97. The highest BCUT2D eigenvalue weighted by Crippen LogP contribution is 2.30. The van der Waals surface area contributed by atoms with Gasteiger partial charge in [-0.2, -0.15) is 0 Å². The van der Waals surface area contributed by atoms with E-state index in [4.69, 9.17) is 9.47 Å². The fourth-order valence-electron chi connectivity index (χ4n) is 5.00. The van der Waals surface area contributed by atoms with Gasteiger partial charge < -0.3 is 25.2 Å². The van der Waals surface area contributed by atoms with Crippen molar-refractivity contribution in [1.29, 1.82) is 0 Å². The van der Waals surface area contributed by atoms with Crippen LogP contribution in [0.1, 0.15) is 85.5 Å². The maximum atomic E-state index is 12.8. The Labute approximate surface area is 183 Å². The van der Waals surface area contributed by atoms with Crippen molar-refractivity contribution in [2.24, 2.45) is 17.8 Å². The highest BCUT2D eigenvalue weighted by Gasteiger charge is 2.42. The molecule has 0 saturated carbocycles. The average molecular weight is 427 g/mol. The fraction of sp³-hybridized carbons (Fsp3) is 0.958. The predicted octanol–water partition coefficient (Wildman–Crippen LogP) is 3.61. The lowest BCUT2D eigenvalue weighted by molar-refractivity contribution is -0.269. The second kappa shape index (κ2) is 13.0. The minimum Gasteiger partial charge on any atom is -0.389 e. The van der Waals surface area contributed by atoms with Crippen LogP contribution >= 0.6 is 0 Å². The normalized spacial score (nSPS) is 40.4. The van der Waals surface area contributed by atoms with Gasteiger partial charge in [0, 0.05) is 18.5 Å². The molecule has 8 unspecified atom stereocenters. The molecule has 2 rings (SSSR count). The van der Waals surface area contributed by atoms with Crippen molar-refractivity contribution in [3.8, 4) is 0 Å². The van der Waals surface area contributed by atoms with Crippen LogP contribution in [0.3, 0.4) is 0 Å². The van der Waals surface area contributed by atoms with E-state index in [1.54, 1.807) is 0 Å². The second-order valence-electron chi connectivity index (χ2n) is 9.54. The van der Waals surface area contributed by atoms with E-state index in [9.17, 15) is 9.90 Å². The third kappa shape index (κ3) is 7.18. The first-order valence-electron chi connectivity index (χ1n) is 12.3. The molecule has 2 fully saturated rings. The number of amides is 1. The van der Waals surface area contributed by atoms with E-state index in [-0.39, 0.29) is 36.0 Å². The summed E-state index contributed by atoms with van der Waals surface area (Å²) in [5.74, 6) is 0.643. The third-order valence-electron chi connectivity index (χ3n) is 7.32. The van der Waals surface area contributed by atoms with Gasteiger partial charge in [-0.15, -0.1) is 0 Å². The SMILES string of the molecule is CCC1CCCCCCC(OC2OC(C)C(O)C(NC)C2C)C(C)C(=O)NCCC1. The Morgan fingerprint density at radius 2 is 1.77 bits per heavy atom. The van der Waals surface area contributed by atoms with Gasteiger partial charge in [-0.1, -0.05) is 59.3 Å². The summed E-state index contributed by atoms with van der Waals surface area (Å²) in [5.41, 5.74) is 0. The molecule has 176 valence electrons. The summed E-state index contributed by atoms with van der Waals surface area (Å²) in [6.45, 7) is 8.92. The van der Waals surface area contributed by atoms with Gasteiger partial charge in [0.25, 0.3) is 0 Å². The topological polar surface area (TPSA) is 79.8 Å². The van der Waals surface area contributed by atoms with Crippen LogP contribution in [0.4, 0.5) is 0 Å². The molecule has 30 heavy (non-hydrogen) atoms. The number of ether oxygens (including phenoxy) is 2. The number of hydrogen-bond acceptors (Lipinski definition) is 5. The summed E-state index contributed by atoms with van der Waals surface area (Å²) in [4.78, 5) is 12.8. The largest absolute Gasteiger partial charge is 0.389 e. The monoisotopic (exact) mass is 426 g/mol. The number of likely N-dealkylation sites (N-methyl/N-ethyl adjacent to an activating group) is 1. The van der Waals surface area contributed by atoms with Crippen molar-refractivity contribution in [1.82, 2.24) is 10.6 Å². The molecule has 0 aromatic rings. The minimum absolute atomic E-state index is 0.00413. The average Bonchev–Trinajstić information content (AvgIpc) is 2.73. The molecular weight excluding hydrogens is 380 g/mol. The summed E-state index contributed by atoms with van der Waals surface area (Å²) >= 11 is 0. The molecule has 8 atom stereocenters. The van der Waals surface area contributed by atoms with Gasteiger partial charge >= 0.3 is 0 Å². The van der Waals surface area contributed by atoms with E-state index < -0.39 is 12.4 Å². The Balaban J connectivity index is 2.02. The zero-order valence-corrected chi connectivity index (χ0v) is 19.9. The van der Waals surface area contributed by atoms with E-state index >= 15 is 0 Å². The number of rotatable bonds is 4. The Morgan fingerprint density at radius 1 is 1.10 bits per heavy atom. The van der Waals surface area contributed by atoms with Crippen LogP contribution in [0.25, 0.3) is 0 Å². The summed E-state index contributed by atoms with van der Waals surface area (Å²) in [6, 6.07) is -0.0899. The van der Waals surface area contributed by atoms with Crippen molar-refractivity contribution in [3.05, 3.63) is 0 Å².